The number of ether oxygens (including phenoxy) is 1. The van der Waals surface area contributed by atoms with Crippen LogP contribution in [0.3, 0.4) is 0 Å². The van der Waals surface area contributed by atoms with E-state index >= 15 is 0 Å². The van der Waals surface area contributed by atoms with Gasteiger partial charge in [-0.3, -0.25) is 0 Å². The lowest BCUT2D eigenvalue weighted by Gasteiger charge is -2.54. The Bertz CT molecular complexity index is 250. The van der Waals surface area contributed by atoms with Gasteiger partial charge in [-0.15, -0.1) is 0 Å². The summed E-state index contributed by atoms with van der Waals surface area (Å²) in [4.78, 5) is 0. The number of unbranched alkanes of at least 4 members (excludes halogenated alkanes) is 1. The quantitative estimate of drug-likeness (QED) is 0.677. The second-order valence-electron chi connectivity index (χ2n) is 7.23. The predicted molar refractivity (Wildman–Crippen MR) is 79.2 cm³/mol. The molecule has 0 atom stereocenters. The Balaban J connectivity index is 1.32. The summed E-state index contributed by atoms with van der Waals surface area (Å²) < 4.78 is 5.64. The van der Waals surface area contributed by atoms with Crippen molar-refractivity contribution < 1.29 is 4.74 Å². The van der Waals surface area contributed by atoms with Crippen molar-refractivity contribution in [3.63, 3.8) is 0 Å². The van der Waals surface area contributed by atoms with Gasteiger partial charge in [0.15, 0.2) is 0 Å². The van der Waals surface area contributed by atoms with Crippen LogP contribution in [0.2, 0.25) is 0 Å². The van der Waals surface area contributed by atoms with E-state index in [1.54, 1.807) is 6.42 Å². The molecule has 0 amide bonds. The summed E-state index contributed by atoms with van der Waals surface area (Å²) >= 11 is 0. The lowest BCUT2D eigenvalue weighted by atomic mass is 9.54. The SMILES string of the molecule is CCCCOCCCNC1C2CC3CC(C2)CC1C3. The molecule has 0 radical (unpaired) electrons. The maximum absolute atomic E-state index is 5.64. The molecule has 0 heterocycles. The van der Waals surface area contributed by atoms with Gasteiger partial charge in [0.1, 0.15) is 0 Å². The Hall–Kier alpha value is -0.0800. The zero-order chi connectivity index (χ0) is 13.1. The Morgan fingerprint density at radius 2 is 1.53 bits per heavy atom. The third-order valence-corrected chi connectivity index (χ3v) is 5.71. The minimum absolute atomic E-state index is 0.850. The molecule has 0 aromatic heterocycles. The average Bonchev–Trinajstić information content (AvgIpc) is 2.39. The van der Waals surface area contributed by atoms with Gasteiger partial charge >= 0.3 is 0 Å². The molecule has 2 heteroatoms. The topological polar surface area (TPSA) is 21.3 Å². The lowest BCUT2D eigenvalue weighted by molar-refractivity contribution is -0.0142. The Morgan fingerprint density at radius 1 is 0.895 bits per heavy atom. The van der Waals surface area contributed by atoms with Crippen molar-refractivity contribution in [2.24, 2.45) is 23.7 Å². The van der Waals surface area contributed by atoms with Crippen molar-refractivity contribution >= 4 is 0 Å². The molecule has 0 aliphatic heterocycles. The van der Waals surface area contributed by atoms with Gasteiger partial charge in [0.25, 0.3) is 0 Å². The van der Waals surface area contributed by atoms with E-state index in [4.69, 9.17) is 4.74 Å². The van der Waals surface area contributed by atoms with E-state index in [1.165, 1.54) is 51.5 Å². The zero-order valence-corrected chi connectivity index (χ0v) is 12.6. The van der Waals surface area contributed by atoms with Crippen LogP contribution in [0.25, 0.3) is 0 Å². The number of rotatable bonds is 8. The third kappa shape index (κ3) is 3.33. The molecule has 0 aromatic rings. The van der Waals surface area contributed by atoms with Crippen LogP contribution in [0.1, 0.15) is 58.3 Å². The average molecular weight is 265 g/mol. The maximum atomic E-state index is 5.64. The van der Waals surface area contributed by atoms with Gasteiger partial charge in [-0.05, 0) is 75.2 Å². The normalized spacial score (nSPS) is 39.9. The Kier molecular flexibility index (Phi) is 4.81. The standard InChI is InChI=1S/C17H31NO/c1-2-3-6-19-7-4-5-18-17-15-9-13-8-14(11-15)12-16(17)10-13/h13-18H,2-12H2,1H3. The molecule has 1 N–H and O–H groups in total. The van der Waals surface area contributed by atoms with E-state index in [0.29, 0.717) is 0 Å². The molecule has 4 bridgehead atoms. The first-order valence-corrected chi connectivity index (χ1v) is 8.68. The van der Waals surface area contributed by atoms with Gasteiger partial charge in [0.05, 0.1) is 0 Å². The highest BCUT2D eigenvalue weighted by Crippen LogP contribution is 2.53. The van der Waals surface area contributed by atoms with Crippen molar-refractivity contribution in [2.75, 3.05) is 19.8 Å². The predicted octanol–water partition coefficient (Wildman–Crippen LogP) is 3.61. The van der Waals surface area contributed by atoms with E-state index in [9.17, 15) is 0 Å². The van der Waals surface area contributed by atoms with Crippen molar-refractivity contribution in [1.29, 1.82) is 0 Å². The monoisotopic (exact) mass is 265 g/mol. The Morgan fingerprint density at radius 3 is 2.16 bits per heavy atom. The first-order chi connectivity index (χ1) is 9.36. The molecular weight excluding hydrogens is 234 g/mol. The molecule has 0 unspecified atom stereocenters. The van der Waals surface area contributed by atoms with Crippen LogP contribution < -0.4 is 5.32 Å². The van der Waals surface area contributed by atoms with Crippen molar-refractivity contribution in [1.82, 2.24) is 5.32 Å². The summed E-state index contributed by atoms with van der Waals surface area (Å²) in [5.74, 6) is 4.21. The van der Waals surface area contributed by atoms with E-state index in [0.717, 1.165) is 42.9 Å². The number of hydrogen-bond acceptors (Lipinski definition) is 2. The first kappa shape index (κ1) is 13.9. The molecule has 4 saturated carbocycles. The van der Waals surface area contributed by atoms with Crippen molar-refractivity contribution in [2.45, 2.75) is 64.3 Å². The van der Waals surface area contributed by atoms with Gasteiger partial charge in [0.2, 0.25) is 0 Å². The zero-order valence-electron chi connectivity index (χ0n) is 12.6. The molecule has 110 valence electrons. The van der Waals surface area contributed by atoms with Gasteiger partial charge in [-0.25, -0.2) is 0 Å². The minimum Gasteiger partial charge on any atom is -0.381 e. The van der Waals surface area contributed by atoms with Crippen LogP contribution in [-0.2, 0) is 4.74 Å². The Labute approximate surface area is 118 Å². The summed E-state index contributed by atoms with van der Waals surface area (Å²) in [5.41, 5.74) is 0. The van der Waals surface area contributed by atoms with Crippen LogP contribution in [0, 0.1) is 23.7 Å². The molecule has 0 aromatic carbocycles. The van der Waals surface area contributed by atoms with Gasteiger partial charge < -0.3 is 10.1 Å². The molecule has 0 saturated heterocycles. The number of hydrogen-bond donors (Lipinski definition) is 1. The summed E-state index contributed by atoms with van der Waals surface area (Å²) in [6, 6.07) is 0.850. The lowest BCUT2D eigenvalue weighted by Crippen LogP contribution is -2.54. The molecule has 4 fully saturated rings. The van der Waals surface area contributed by atoms with Crippen LogP contribution in [0.5, 0.6) is 0 Å². The molecule has 4 aliphatic rings. The smallest absolute Gasteiger partial charge is 0.0478 e. The fourth-order valence-electron chi connectivity index (χ4n) is 5.05. The largest absolute Gasteiger partial charge is 0.381 e. The van der Waals surface area contributed by atoms with Crippen LogP contribution in [-0.4, -0.2) is 25.8 Å². The fraction of sp³-hybridized carbons (Fsp3) is 1.00. The van der Waals surface area contributed by atoms with Gasteiger partial charge in [0, 0.05) is 19.3 Å². The van der Waals surface area contributed by atoms with E-state index < -0.39 is 0 Å². The van der Waals surface area contributed by atoms with Gasteiger partial charge in [-0.2, -0.15) is 0 Å². The first-order valence-electron chi connectivity index (χ1n) is 8.68. The minimum atomic E-state index is 0.850. The van der Waals surface area contributed by atoms with Crippen molar-refractivity contribution in [3.05, 3.63) is 0 Å². The van der Waals surface area contributed by atoms with Crippen LogP contribution >= 0.6 is 0 Å². The highest BCUT2D eigenvalue weighted by Gasteiger charge is 2.47. The van der Waals surface area contributed by atoms with Crippen LogP contribution in [0.15, 0.2) is 0 Å². The van der Waals surface area contributed by atoms with E-state index in [1.807, 2.05) is 0 Å². The van der Waals surface area contributed by atoms with Gasteiger partial charge in [-0.1, -0.05) is 13.3 Å². The van der Waals surface area contributed by atoms with Crippen LogP contribution in [0.4, 0.5) is 0 Å². The summed E-state index contributed by atoms with van der Waals surface area (Å²) in [6.07, 6.45) is 11.3. The third-order valence-electron chi connectivity index (χ3n) is 5.71. The highest BCUT2D eigenvalue weighted by atomic mass is 16.5. The highest BCUT2D eigenvalue weighted by molar-refractivity contribution is 5.01. The maximum Gasteiger partial charge on any atom is 0.0478 e. The summed E-state index contributed by atoms with van der Waals surface area (Å²) in [5, 5.41) is 3.88. The fourth-order valence-corrected chi connectivity index (χ4v) is 5.05. The second kappa shape index (κ2) is 6.58. The van der Waals surface area contributed by atoms with E-state index in [2.05, 4.69) is 12.2 Å². The molecular formula is C17H31NO. The molecule has 19 heavy (non-hydrogen) atoms. The summed E-state index contributed by atoms with van der Waals surface area (Å²) in [6.45, 7) is 5.28. The second-order valence-corrected chi connectivity index (χ2v) is 7.23. The molecule has 4 rings (SSSR count). The molecule has 2 nitrogen and oxygen atoms in total. The molecule has 4 aliphatic carbocycles. The van der Waals surface area contributed by atoms with Crippen molar-refractivity contribution in [3.8, 4) is 0 Å². The number of nitrogens with one attached hydrogen (secondary N) is 1. The van der Waals surface area contributed by atoms with E-state index in [-0.39, 0.29) is 0 Å². The molecule has 0 spiro atoms. The summed E-state index contributed by atoms with van der Waals surface area (Å²) in [7, 11) is 0.